The van der Waals surface area contributed by atoms with Gasteiger partial charge >= 0.3 is 0 Å². The lowest BCUT2D eigenvalue weighted by molar-refractivity contribution is -0.179. The van der Waals surface area contributed by atoms with E-state index >= 15 is 0 Å². The predicted molar refractivity (Wildman–Crippen MR) is 126 cm³/mol. The van der Waals surface area contributed by atoms with Crippen molar-refractivity contribution in [2.75, 3.05) is 19.7 Å². The number of hydrogen-bond acceptors (Lipinski definition) is 9. The summed E-state index contributed by atoms with van der Waals surface area (Å²) in [6.45, 7) is 5.34. The van der Waals surface area contributed by atoms with Gasteiger partial charge in [-0.25, -0.2) is 17.9 Å². The van der Waals surface area contributed by atoms with Gasteiger partial charge in [-0.15, -0.1) is 16.9 Å². The highest BCUT2D eigenvalue weighted by Gasteiger charge is 2.50. The first-order valence-corrected chi connectivity index (χ1v) is 12.6. The first kappa shape index (κ1) is 27.8. The topological polar surface area (TPSA) is 141 Å². The quantitative estimate of drug-likeness (QED) is 0.369. The minimum absolute atomic E-state index is 0.0649. The fraction of sp³-hybridized carbons (Fsp3) is 0.609. The van der Waals surface area contributed by atoms with Gasteiger partial charge in [0, 0.05) is 18.7 Å². The highest BCUT2D eigenvalue weighted by Crippen LogP contribution is 2.40. The molecule has 1 aromatic carbocycles. The molecule has 14 heteroatoms. The van der Waals surface area contributed by atoms with Gasteiger partial charge in [0.25, 0.3) is 0 Å². The third-order valence-electron chi connectivity index (χ3n) is 6.46. The summed E-state index contributed by atoms with van der Waals surface area (Å²) < 4.78 is 47.5. The molecule has 2 saturated heterocycles. The number of aliphatic hydroxyl groups excluding tert-OH is 3. The minimum atomic E-state index is -1.64. The number of rotatable bonds is 7. The van der Waals surface area contributed by atoms with Crippen LogP contribution in [0.15, 0.2) is 18.3 Å². The Kier molecular flexibility index (Phi) is 7.89. The van der Waals surface area contributed by atoms with E-state index in [0.717, 1.165) is 28.6 Å². The fourth-order valence-electron chi connectivity index (χ4n) is 4.46. The largest absolute Gasteiger partial charge is 0.394 e. The molecular weight excluding hydrogens is 517 g/mol. The lowest BCUT2D eigenvalue weighted by Crippen LogP contribution is -2.59. The zero-order valence-corrected chi connectivity index (χ0v) is 21.1. The second-order valence-corrected chi connectivity index (χ2v) is 11.3. The number of halogens is 3. The standard InChI is InChI=1S/C23H29F3N4O6S/c1-10-6-29(7-10)21(34)20(23(2,3)35)37-22-19(33)17(18(32)15(9-31)36-22)30-8-14(27-28-30)11-4-12(24)16(26)13(25)5-11/h4-5,8,10,15,17-20,22,31-33,35H,6-7,9H2,1-3H3/t15-,17+,18+,19-,20?,22+/m1/s1. The summed E-state index contributed by atoms with van der Waals surface area (Å²) in [6, 6.07) is 0.214. The van der Waals surface area contributed by atoms with Crippen LogP contribution in [0.4, 0.5) is 13.2 Å². The molecule has 2 aliphatic rings. The lowest BCUT2D eigenvalue weighted by Gasteiger charge is -2.45. The fourth-order valence-corrected chi connectivity index (χ4v) is 5.85. The molecule has 3 heterocycles. The number of ether oxygens (including phenoxy) is 1. The summed E-state index contributed by atoms with van der Waals surface area (Å²) in [5.41, 5.74) is -2.87. The molecular formula is C23H29F3N4O6S. The van der Waals surface area contributed by atoms with Crippen LogP contribution in [0.25, 0.3) is 11.3 Å². The third kappa shape index (κ3) is 5.49. The predicted octanol–water partition coefficient (Wildman–Crippen LogP) is 0.693. The number of aromatic nitrogens is 3. The molecule has 1 amide bonds. The van der Waals surface area contributed by atoms with E-state index < -0.39 is 64.7 Å². The summed E-state index contributed by atoms with van der Waals surface area (Å²) in [5, 5.41) is 49.2. The van der Waals surface area contributed by atoms with Crippen molar-refractivity contribution in [3.8, 4) is 11.3 Å². The summed E-state index contributed by atoms with van der Waals surface area (Å²) in [6.07, 6.45) is -2.99. The van der Waals surface area contributed by atoms with Crippen LogP contribution in [-0.4, -0.2) is 101 Å². The zero-order chi connectivity index (χ0) is 27.2. The first-order valence-electron chi connectivity index (χ1n) is 11.7. The number of aliphatic hydroxyl groups is 4. The van der Waals surface area contributed by atoms with E-state index in [9.17, 15) is 38.4 Å². The Morgan fingerprint density at radius 3 is 2.38 bits per heavy atom. The maximum absolute atomic E-state index is 13.7. The molecule has 2 aromatic rings. The van der Waals surface area contributed by atoms with Gasteiger partial charge in [0.1, 0.15) is 40.7 Å². The Hall–Kier alpha value is -2.23. The molecule has 4 N–H and O–H groups in total. The monoisotopic (exact) mass is 546 g/mol. The van der Waals surface area contributed by atoms with Crippen molar-refractivity contribution in [1.29, 1.82) is 0 Å². The van der Waals surface area contributed by atoms with E-state index in [0.29, 0.717) is 19.0 Å². The number of amides is 1. The SMILES string of the molecule is CC1CN(C(=O)C(S[C@@H]2O[C@H](CO)[C@H](O)[C@H](n3cc(-c4cc(F)c(F)c(F)c4)nn3)[C@H]2O)C(C)(C)O)C1. The molecule has 0 bridgehead atoms. The van der Waals surface area contributed by atoms with Crippen molar-refractivity contribution in [1.82, 2.24) is 19.9 Å². The van der Waals surface area contributed by atoms with Crippen molar-refractivity contribution >= 4 is 17.7 Å². The van der Waals surface area contributed by atoms with Crippen LogP contribution in [0, 0.1) is 23.4 Å². The number of carbonyl (C=O) groups is 1. The van der Waals surface area contributed by atoms with Crippen LogP contribution in [0.3, 0.4) is 0 Å². The summed E-state index contributed by atoms with van der Waals surface area (Å²) >= 11 is 0.858. The summed E-state index contributed by atoms with van der Waals surface area (Å²) in [4.78, 5) is 14.7. The van der Waals surface area contributed by atoms with Crippen molar-refractivity contribution in [2.24, 2.45) is 5.92 Å². The Morgan fingerprint density at radius 2 is 1.84 bits per heavy atom. The normalized spacial score (nSPS) is 27.7. The van der Waals surface area contributed by atoms with E-state index in [4.69, 9.17) is 4.74 Å². The molecule has 37 heavy (non-hydrogen) atoms. The molecule has 0 aliphatic carbocycles. The van der Waals surface area contributed by atoms with Gasteiger partial charge in [-0.3, -0.25) is 4.79 Å². The Bertz CT molecular complexity index is 1120. The number of carbonyl (C=O) groups excluding carboxylic acids is 1. The van der Waals surface area contributed by atoms with Crippen LogP contribution >= 0.6 is 11.8 Å². The summed E-state index contributed by atoms with van der Waals surface area (Å²) in [5.74, 6) is -4.49. The number of thioether (sulfide) groups is 1. The maximum atomic E-state index is 13.7. The Labute approximate surface area is 215 Å². The number of hydrogen-bond donors (Lipinski definition) is 4. The maximum Gasteiger partial charge on any atom is 0.238 e. The second-order valence-electron chi connectivity index (χ2n) is 10.1. The van der Waals surface area contributed by atoms with Crippen molar-refractivity contribution in [2.45, 2.75) is 61.4 Å². The molecule has 0 spiro atoms. The van der Waals surface area contributed by atoms with Gasteiger partial charge in [-0.05, 0) is 31.9 Å². The lowest BCUT2D eigenvalue weighted by atomic mass is 9.97. The molecule has 2 fully saturated rings. The Balaban J connectivity index is 1.61. The highest BCUT2D eigenvalue weighted by molar-refractivity contribution is 8.01. The van der Waals surface area contributed by atoms with Crippen molar-refractivity contribution in [3.05, 3.63) is 35.8 Å². The van der Waals surface area contributed by atoms with E-state index in [2.05, 4.69) is 10.3 Å². The number of benzene rings is 1. The van der Waals surface area contributed by atoms with Gasteiger partial charge in [-0.1, -0.05) is 12.1 Å². The molecule has 0 radical (unpaired) electrons. The van der Waals surface area contributed by atoms with Gasteiger partial charge in [0.15, 0.2) is 17.5 Å². The van der Waals surface area contributed by atoms with Crippen LogP contribution in [0.2, 0.25) is 0 Å². The third-order valence-corrected chi connectivity index (χ3v) is 8.16. The molecule has 204 valence electrons. The number of likely N-dealkylation sites (tertiary alicyclic amines) is 1. The van der Waals surface area contributed by atoms with E-state index in [-0.39, 0.29) is 17.2 Å². The van der Waals surface area contributed by atoms with Crippen LogP contribution in [-0.2, 0) is 9.53 Å². The van der Waals surface area contributed by atoms with E-state index in [1.807, 2.05) is 6.92 Å². The molecule has 6 atom stereocenters. The molecule has 2 aliphatic heterocycles. The van der Waals surface area contributed by atoms with Crippen LogP contribution in [0.5, 0.6) is 0 Å². The molecule has 0 saturated carbocycles. The van der Waals surface area contributed by atoms with Gasteiger partial charge < -0.3 is 30.1 Å². The minimum Gasteiger partial charge on any atom is -0.394 e. The van der Waals surface area contributed by atoms with E-state index in [1.165, 1.54) is 20.0 Å². The average Bonchev–Trinajstić information content (AvgIpc) is 3.28. The van der Waals surface area contributed by atoms with Crippen molar-refractivity contribution < 1.29 is 43.1 Å². The molecule has 1 unspecified atom stereocenters. The number of nitrogens with zero attached hydrogens (tertiary/aromatic N) is 4. The smallest absolute Gasteiger partial charge is 0.238 e. The zero-order valence-electron chi connectivity index (χ0n) is 20.3. The first-order chi connectivity index (χ1) is 17.3. The van der Waals surface area contributed by atoms with Gasteiger partial charge in [-0.2, -0.15) is 0 Å². The highest BCUT2D eigenvalue weighted by atomic mass is 32.2. The van der Waals surface area contributed by atoms with Gasteiger partial charge in [0.2, 0.25) is 5.91 Å². The summed E-state index contributed by atoms with van der Waals surface area (Å²) in [7, 11) is 0. The van der Waals surface area contributed by atoms with E-state index in [1.54, 1.807) is 4.90 Å². The molecule has 4 rings (SSSR count). The second kappa shape index (κ2) is 10.5. The van der Waals surface area contributed by atoms with Crippen molar-refractivity contribution in [3.63, 3.8) is 0 Å². The Morgan fingerprint density at radius 1 is 1.22 bits per heavy atom. The molecule has 10 nitrogen and oxygen atoms in total. The average molecular weight is 547 g/mol. The van der Waals surface area contributed by atoms with Crippen LogP contribution in [0.1, 0.15) is 26.8 Å². The van der Waals surface area contributed by atoms with Crippen LogP contribution < -0.4 is 0 Å². The van der Waals surface area contributed by atoms with Gasteiger partial charge in [0.05, 0.1) is 18.4 Å². The molecule has 1 aromatic heterocycles.